The lowest BCUT2D eigenvalue weighted by atomic mass is 9.75. The first-order valence-corrected chi connectivity index (χ1v) is 9.46. The lowest BCUT2D eigenvalue weighted by Gasteiger charge is -2.49. The molecule has 0 bridgehead atoms. The van der Waals surface area contributed by atoms with Gasteiger partial charge in [-0.3, -0.25) is 24.8 Å². The van der Waals surface area contributed by atoms with Gasteiger partial charge >= 0.3 is 0 Å². The SMILES string of the molecule is CC1(C)[C@@H](C(=NOCCOc2ccc(C(N)=NCCN=CN)cc2)C(N)=O)C(=O)N1O. The number of oxime groups is 1. The van der Waals surface area contributed by atoms with Gasteiger partial charge in [0.2, 0.25) is 0 Å². The normalized spacial score (nSPS) is 18.7. The molecule has 1 aliphatic rings. The van der Waals surface area contributed by atoms with Crippen LogP contribution >= 0.6 is 0 Å². The summed E-state index contributed by atoms with van der Waals surface area (Å²) in [5, 5.41) is 13.8. The van der Waals surface area contributed by atoms with Gasteiger partial charge in [-0.2, -0.15) is 0 Å². The number of amides is 2. The van der Waals surface area contributed by atoms with E-state index in [-0.39, 0.29) is 18.9 Å². The Kier molecular flexibility index (Phi) is 7.91. The fourth-order valence-electron chi connectivity index (χ4n) is 2.88. The van der Waals surface area contributed by atoms with Gasteiger partial charge in [0.25, 0.3) is 11.8 Å². The lowest BCUT2D eigenvalue weighted by molar-refractivity contribution is -0.232. The van der Waals surface area contributed by atoms with Crippen molar-refractivity contribution < 1.29 is 24.4 Å². The van der Waals surface area contributed by atoms with Crippen LogP contribution in [0.2, 0.25) is 0 Å². The molecule has 7 N–H and O–H groups in total. The predicted molar refractivity (Wildman–Crippen MR) is 114 cm³/mol. The molecule has 1 aromatic rings. The first kappa shape index (κ1) is 23.6. The van der Waals surface area contributed by atoms with Crippen molar-refractivity contribution in [3.63, 3.8) is 0 Å². The van der Waals surface area contributed by atoms with Crippen LogP contribution in [0.5, 0.6) is 5.75 Å². The van der Waals surface area contributed by atoms with E-state index in [1.54, 1.807) is 38.1 Å². The number of primary amides is 1. The third-order valence-corrected chi connectivity index (χ3v) is 4.61. The van der Waals surface area contributed by atoms with E-state index in [1.165, 1.54) is 6.34 Å². The molecular formula is C19H27N7O5. The molecular weight excluding hydrogens is 406 g/mol. The van der Waals surface area contributed by atoms with Crippen molar-refractivity contribution in [1.29, 1.82) is 0 Å². The molecule has 1 aliphatic heterocycles. The van der Waals surface area contributed by atoms with E-state index in [9.17, 15) is 14.8 Å². The second-order valence-electron chi connectivity index (χ2n) is 7.11. The Bertz CT molecular complexity index is 880. The summed E-state index contributed by atoms with van der Waals surface area (Å²) in [5.41, 5.74) is 15.8. The number of hydroxylamine groups is 2. The molecule has 1 heterocycles. The Labute approximate surface area is 179 Å². The molecule has 0 unspecified atom stereocenters. The minimum absolute atomic E-state index is 0.00790. The zero-order valence-electron chi connectivity index (χ0n) is 17.4. The fraction of sp³-hybridized carbons (Fsp3) is 0.421. The van der Waals surface area contributed by atoms with E-state index in [4.69, 9.17) is 26.8 Å². The van der Waals surface area contributed by atoms with E-state index in [2.05, 4.69) is 15.1 Å². The largest absolute Gasteiger partial charge is 0.490 e. The Morgan fingerprint density at radius 2 is 1.90 bits per heavy atom. The molecule has 12 heteroatoms. The van der Waals surface area contributed by atoms with Crippen molar-refractivity contribution in [2.24, 2.45) is 38.3 Å². The maximum Gasteiger partial charge on any atom is 0.267 e. The average Bonchev–Trinajstić information content (AvgIpc) is 2.75. The van der Waals surface area contributed by atoms with Gasteiger partial charge < -0.3 is 26.8 Å². The standard InChI is InChI=1S/C19H27N7O5/c1-19(2)14(18(28)26(19)29)15(17(22)27)25-31-10-9-30-13-5-3-12(4-6-13)16(21)24-8-7-23-11-20/h3-6,11,14,29H,7-10H2,1-2H3,(H2,20,23)(H2,21,24)(H2,22,27)/t14-/m0/s1. The van der Waals surface area contributed by atoms with Crippen LogP contribution in [0.25, 0.3) is 0 Å². The average molecular weight is 433 g/mol. The highest BCUT2D eigenvalue weighted by molar-refractivity contribution is 6.43. The molecule has 12 nitrogen and oxygen atoms in total. The summed E-state index contributed by atoms with van der Waals surface area (Å²) in [4.78, 5) is 36.6. The van der Waals surface area contributed by atoms with Gasteiger partial charge in [-0.1, -0.05) is 5.16 Å². The van der Waals surface area contributed by atoms with E-state index in [0.29, 0.717) is 29.7 Å². The van der Waals surface area contributed by atoms with E-state index >= 15 is 0 Å². The molecule has 168 valence electrons. The predicted octanol–water partition coefficient (Wildman–Crippen LogP) is -0.758. The quantitative estimate of drug-likeness (QED) is 0.0880. The summed E-state index contributed by atoms with van der Waals surface area (Å²) in [7, 11) is 0. The number of ether oxygens (including phenoxy) is 1. The van der Waals surface area contributed by atoms with Crippen molar-refractivity contribution >= 4 is 29.7 Å². The first-order chi connectivity index (χ1) is 14.7. The van der Waals surface area contributed by atoms with Crippen LogP contribution in [-0.2, 0) is 14.4 Å². The van der Waals surface area contributed by atoms with E-state index in [0.717, 1.165) is 5.56 Å². The summed E-state index contributed by atoms with van der Waals surface area (Å²) in [5.74, 6) is -1.59. The van der Waals surface area contributed by atoms with Gasteiger partial charge in [-0.15, -0.1) is 0 Å². The molecule has 0 radical (unpaired) electrons. The van der Waals surface area contributed by atoms with Gasteiger partial charge in [-0.25, -0.2) is 5.06 Å². The highest BCUT2D eigenvalue weighted by Crippen LogP contribution is 2.36. The topological polar surface area (TPSA) is 191 Å². The molecule has 0 aromatic heterocycles. The number of hydrogen-bond donors (Lipinski definition) is 4. The summed E-state index contributed by atoms with van der Waals surface area (Å²) in [6.07, 6.45) is 1.22. The van der Waals surface area contributed by atoms with Gasteiger partial charge in [0.1, 0.15) is 24.1 Å². The zero-order valence-corrected chi connectivity index (χ0v) is 17.4. The number of rotatable bonds is 11. The van der Waals surface area contributed by atoms with E-state index in [1.807, 2.05) is 0 Å². The Morgan fingerprint density at radius 3 is 2.48 bits per heavy atom. The van der Waals surface area contributed by atoms with E-state index < -0.39 is 23.3 Å². The molecule has 0 spiro atoms. The highest BCUT2D eigenvalue weighted by atomic mass is 16.6. The summed E-state index contributed by atoms with van der Waals surface area (Å²) in [6.45, 7) is 4.19. The van der Waals surface area contributed by atoms with Crippen LogP contribution in [-0.4, -0.2) is 71.8 Å². The number of carbonyl (C=O) groups is 2. The summed E-state index contributed by atoms with van der Waals surface area (Å²) >= 11 is 0. The van der Waals surface area contributed by atoms with Gasteiger partial charge in [0.15, 0.2) is 12.3 Å². The molecule has 1 saturated heterocycles. The van der Waals surface area contributed by atoms with Crippen molar-refractivity contribution in [3.05, 3.63) is 29.8 Å². The van der Waals surface area contributed by atoms with Crippen molar-refractivity contribution in [3.8, 4) is 5.75 Å². The van der Waals surface area contributed by atoms with Gasteiger partial charge in [0.05, 0.1) is 25.0 Å². The second-order valence-corrected chi connectivity index (χ2v) is 7.11. The number of benzene rings is 1. The molecule has 31 heavy (non-hydrogen) atoms. The number of β-lactam (4-membered cyclic amide) rings is 1. The van der Waals surface area contributed by atoms with Crippen LogP contribution in [0.15, 0.2) is 39.4 Å². The molecule has 2 amide bonds. The minimum Gasteiger partial charge on any atom is -0.490 e. The number of aliphatic imine (C=N–C) groups is 2. The molecule has 1 aromatic carbocycles. The second kappa shape index (κ2) is 10.4. The van der Waals surface area contributed by atoms with Crippen molar-refractivity contribution in [1.82, 2.24) is 5.06 Å². The number of nitrogens with zero attached hydrogens (tertiary/aromatic N) is 4. The third kappa shape index (κ3) is 5.69. The lowest BCUT2D eigenvalue weighted by Crippen LogP contribution is -2.70. The Balaban J connectivity index is 1.84. The molecule has 1 atom stereocenters. The van der Waals surface area contributed by atoms with Crippen LogP contribution in [0, 0.1) is 5.92 Å². The number of nitrogens with two attached hydrogens (primary N) is 3. The summed E-state index contributed by atoms with van der Waals surface area (Å²) < 4.78 is 5.54. The van der Waals surface area contributed by atoms with Crippen molar-refractivity contribution in [2.75, 3.05) is 26.3 Å². The molecule has 2 rings (SSSR count). The monoisotopic (exact) mass is 433 g/mol. The fourth-order valence-corrected chi connectivity index (χ4v) is 2.88. The first-order valence-electron chi connectivity index (χ1n) is 9.46. The maximum atomic E-state index is 11.8. The van der Waals surface area contributed by atoms with Crippen molar-refractivity contribution in [2.45, 2.75) is 19.4 Å². The van der Waals surface area contributed by atoms with Gasteiger partial charge in [0, 0.05) is 5.56 Å². The molecule has 0 saturated carbocycles. The zero-order chi connectivity index (χ0) is 23.0. The summed E-state index contributed by atoms with van der Waals surface area (Å²) in [6, 6.07) is 6.96. The van der Waals surface area contributed by atoms with Crippen LogP contribution in [0.4, 0.5) is 0 Å². The maximum absolute atomic E-state index is 11.8. The van der Waals surface area contributed by atoms with Crippen LogP contribution < -0.4 is 21.9 Å². The molecule has 1 fully saturated rings. The van der Waals surface area contributed by atoms with Gasteiger partial charge in [-0.05, 0) is 38.1 Å². The Morgan fingerprint density at radius 1 is 1.23 bits per heavy atom. The van der Waals surface area contributed by atoms with Crippen LogP contribution in [0.1, 0.15) is 19.4 Å². The van der Waals surface area contributed by atoms with Crippen LogP contribution in [0.3, 0.4) is 0 Å². The minimum atomic E-state index is -1.00. The smallest absolute Gasteiger partial charge is 0.267 e. The Hall–Kier alpha value is -3.67. The molecule has 0 aliphatic carbocycles. The number of carbonyl (C=O) groups excluding carboxylic acids is 2. The highest BCUT2D eigenvalue weighted by Gasteiger charge is 2.58. The number of hydrogen-bond acceptors (Lipinski definition) is 8. The third-order valence-electron chi connectivity index (χ3n) is 4.61. The number of amidine groups is 1.